The van der Waals surface area contributed by atoms with E-state index in [1.54, 1.807) is 7.05 Å². The summed E-state index contributed by atoms with van der Waals surface area (Å²) in [6.07, 6.45) is -0.499. The first-order valence-electron chi connectivity index (χ1n) is 8.82. The highest BCUT2D eigenvalue weighted by atomic mass is 32.2. The van der Waals surface area contributed by atoms with E-state index in [1.165, 1.54) is 29.7 Å². The lowest BCUT2D eigenvalue weighted by Gasteiger charge is -2.35. The van der Waals surface area contributed by atoms with E-state index in [1.807, 2.05) is 6.92 Å². The molecule has 1 amide bonds. The van der Waals surface area contributed by atoms with Crippen molar-refractivity contribution in [3.8, 4) is 17.6 Å². The summed E-state index contributed by atoms with van der Waals surface area (Å²) in [5.74, 6) is 5.41. The number of carbonyl (C=O) groups excluding carboxylic acids is 1. The number of hydrogen-bond acceptors (Lipinski definition) is 7. The van der Waals surface area contributed by atoms with E-state index >= 15 is 0 Å². The van der Waals surface area contributed by atoms with E-state index in [9.17, 15) is 18.3 Å². The first-order chi connectivity index (χ1) is 13.3. The quantitative estimate of drug-likeness (QED) is 0.287. The highest BCUT2D eigenvalue weighted by Crippen LogP contribution is 2.27. The molecule has 0 aromatic heterocycles. The molecule has 154 valence electrons. The van der Waals surface area contributed by atoms with E-state index in [2.05, 4.69) is 17.2 Å². The number of aliphatic hydroxyl groups excluding tert-OH is 1. The Labute approximate surface area is 164 Å². The van der Waals surface area contributed by atoms with Gasteiger partial charge in [-0.2, -0.15) is 4.31 Å². The SMILES string of the molecule is CNC(C)C#CCOc1ccc(S(=O)(=O)N2CC(O)CCC2C(=O)NO)cc1. The lowest BCUT2D eigenvalue weighted by Crippen LogP contribution is -2.54. The molecule has 0 aliphatic carbocycles. The van der Waals surface area contributed by atoms with Crippen molar-refractivity contribution in [2.45, 2.75) is 42.8 Å². The van der Waals surface area contributed by atoms with Crippen molar-refractivity contribution in [2.75, 3.05) is 20.2 Å². The number of nitrogens with one attached hydrogen (secondary N) is 2. The Morgan fingerprint density at radius 2 is 2.04 bits per heavy atom. The van der Waals surface area contributed by atoms with Crippen LogP contribution in [0.25, 0.3) is 0 Å². The molecule has 0 bridgehead atoms. The largest absolute Gasteiger partial charge is 0.481 e. The number of sulfonamides is 1. The van der Waals surface area contributed by atoms with Crippen LogP contribution in [-0.4, -0.2) is 67.3 Å². The predicted octanol–water partition coefficient (Wildman–Crippen LogP) is -0.304. The van der Waals surface area contributed by atoms with Gasteiger partial charge < -0.3 is 15.2 Å². The molecule has 1 saturated heterocycles. The minimum atomic E-state index is -4.05. The molecule has 9 nitrogen and oxygen atoms in total. The van der Waals surface area contributed by atoms with Gasteiger partial charge in [0.2, 0.25) is 10.0 Å². The number of hydrogen-bond donors (Lipinski definition) is 4. The van der Waals surface area contributed by atoms with Gasteiger partial charge in [-0.05, 0) is 51.1 Å². The van der Waals surface area contributed by atoms with Crippen molar-refractivity contribution in [1.82, 2.24) is 15.1 Å². The van der Waals surface area contributed by atoms with Crippen molar-refractivity contribution < 1.29 is 28.3 Å². The fraction of sp³-hybridized carbons (Fsp3) is 0.500. The smallest absolute Gasteiger partial charge is 0.261 e. The van der Waals surface area contributed by atoms with Gasteiger partial charge >= 0.3 is 0 Å². The molecule has 1 aromatic carbocycles. The molecule has 10 heteroatoms. The number of ether oxygens (including phenoxy) is 1. The number of piperidine rings is 1. The second-order valence-electron chi connectivity index (χ2n) is 6.39. The van der Waals surface area contributed by atoms with Crippen LogP contribution in [0.15, 0.2) is 29.2 Å². The number of rotatable bonds is 6. The summed E-state index contributed by atoms with van der Waals surface area (Å²) < 4.78 is 32.2. The third-order valence-electron chi connectivity index (χ3n) is 4.42. The zero-order valence-electron chi connectivity index (χ0n) is 15.8. The van der Waals surface area contributed by atoms with Crippen molar-refractivity contribution in [1.29, 1.82) is 0 Å². The van der Waals surface area contributed by atoms with Crippen LogP contribution in [-0.2, 0) is 14.8 Å². The molecule has 0 radical (unpaired) electrons. The predicted molar refractivity (Wildman–Crippen MR) is 101 cm³/mol. The van der Waals surface area contributed by atoms with Crippen LogP contribution in [0.2, 0.25) is 0 Å². The average Bonchev–Trinajstić information content (AvgIpc) is 2.70. The van der Waals surface area contributed by atoms with Crippen molar-refractivity contribution in [3.05, 3.63) is 24.3 Å². The van der Waals surface area contributed by atoms with Crippen LogP contribution in [0.4, 0.5) is 0 Å². The second kappa shape index (κ2) is 9.86. The van der Waals surface area contributed by atoms with Crippen molar-refractivity contribution in [2.24, 2.45) is 0 Å². The Morgan fingerprint density at radius 3 is 2.64 bits per heavy atom. The maximum atomic E-state index is 12.9. The molecule has 0 spiro atoms. The van der Waals surface area contributed by atoms with E-state index in [0.717, 1.165) is 4.31 Å². The van der Waals surface area contributed by atoms with Gasteiger partial charge in [0.15, 0.2) is 0 Å². The molecule has 3 unspecified atom stereocenters. The minimum absolute atomic E-state index is 0.0417. The summed E-state index contributed by atoms with van der Waals surface area (Å²) in [5.41, 5.74) is 1.49. The van der Waals surface area contributed by atoms with Gasteiger partial charge in [0.1, 0.15) is 18.4 Å². The monoisotopic (exact) mass is 411 g/mol. The van der Waals surface area contributed by atoms with Crippen LogP contribution in [0.5, 0.6) is 5.75 Å². The van der Waals surface area contributed by atoms with Crippen molar-refractivity contribution in [3.63, 3.8) is 0 Å². The van der Waals surface area contributed by atoms with E-state index in [0.29, 0.717) is 5.75 Å². The number of benzene rings is 1. The topological polar surface area (TPSA) is 128 Å². The third kappa shape index (κ3) is 5.43. The molecule has 1 fully saturated rings. The average molecular weight is 411 g/mol. The Hall–Kier alpha value is -2.16. The third-order valence-corrected chi connectivity index (χ3v) is 6.31. The van der Waals surface area contributed by atoms with Gasteiger partial charge in [-0.3, -0.25) is 10.0 Å². The minimum Gasteiger partial charge on any atom is -0.481 e. The summed E-state index contributed by atoms with van der Waals surface area (Å²) in [6.45, 7) is 1.85. The first-order valence-corrected chi connectivity index (χ1v) is 10.3. The fourth-order valence-electron chi connectivity index (χ4n) is 2.75. The maximum Gasteiger partial charge on any atom is 0.261 e. The molecule has 1 aliphatic heterocycles. The van der Waals surface area contributed by atoms with Crippen LogP contribution in [0.1, 0.15) is 19.8 Å². The van der Waals surface area contributed by atoms with E-state index in [-0.39, 0.29) is 36.9 Å². The van der Waals surface area contributed by atoms with Gasteiger partial charge in [0.25, 0.3) is 5.91 Å². The summed E-state index contributed by atoms with van der Waals surface area (Å²) >= 11 is 0. The Kier molecular flexibility index (Phi) is 7.79. The molecule has 1 heterocycles. The van der Waals surface area contributed by atoms with Crippen LogP contribution in [0, 0.1) is 11.8 Å². The van der Waals surface area contributed by atoms with Gasteiger partial charge in [-0.25, -0.2) is 13.9 Å². The number of aliphatic hydroxyl groups is 1. The van der Waals surface area contributed by atoms with E-state index in [4.69, 9.17) is 9.94 Å². The van der Waals surface area contributed by atoms with E-state index < -0.39 is 28.1 Å². The molecule has 2 rings (SSSR count). The standard InChI is InChI=1S/C18H25N3O6S/c1-13(19-2)4-3-11-27-15-6-8-16(9-7-15)28(25,26)21-12-14(22)5-10-17(21)18(23)20-24/h6-9,13-14,17,19,22,24H,5,10-12H2,1-2H3,(H,20,23). The molecule has 1 aliphatic rings. The first kappa shape index (κ1) is 22.1. The van der Waals surface area contributed by atoms with Crippen LogP contribution < -0.4 is 15.5 Å². The molecule has 28 heavy (non-hydrogen) atoms. The maximum absolute atomic E-state index is 12.9. The van der Waals surface area contributed by atoms with Gasteiger partial charge in [-0.1, -0.05) is 11.8 Å². The van der Waals surface area contributed by atoms with Gasteiger partial charge in [0.05, 0.1) is 17.0 Å². The Balaban J connectivity index is 2.13. The van der Waals surface area contributed by atoms with Gasteiger partial charge in [0, 0.05) is 6.54 Å². The lowest BCUT2D eigenvalue weighted by atomic mass is 10.0. The number of nitrogens with zero attached hydrogens (tertiary/aromatic N) is 1. The highest BCUT2D eigenvalue weighted by Gasteiger charge is 2.40. The summed E-state index contributed by atoms with van der Waals surface area (Å²) in [7, 11) is -2.25. The number of amides is 1. The summed E-state index contributed by atoms with van der Waals surface area (Å²) in [6, 6.07) is 4.68. The van der Waals surface area contributed by atoms with Crippen LogP contribution in [0.3, 0.4) is 0 Å². The van der Waals surface area contributed by atoms with Gasteiger partial charge in [-0.15, -0.1) is 0 Å². The summed E-state index contributed by atoms with van der Waals surface area (Å²) in [4.78, 5) is 11.8. The highest BCUT2D eigenvalue weighted by molar-refractivity contribution is 7.89. The Morgan fingerprint density at radius 1 is 1.36 bits per heavy atom. The number of hydroxylamine groups is 1. The Bertz CT molecular complexity index is 831. The van der Waals surface area contributed by atoms with Crippen molar-refractivity contribution >= 4 is 15.9 Å². The molecule has 3 atom stereocenters. The molecule has 1 aromatic rings. The molecule has 4 N–H and O–H groups in total. The zero-order chi connectivity index (χ0) is 20.7. The number of β-amino-alcohol motifs (C(OH)–C–C–N with tert-alkyl or cyclic N) is 1. The lowest BCUT2D eigenvalue weighted by molar-refractivity contribution is -0.135. The second-order valence-corrected chi connectivity index (χ2v) is 8.28. The fourth-order valence-corrected chi connectivity index (χ4v) is 4.41. The number of carbonyl (C=O) groups is 1. The molecular formula is C18H25N3O6S. The van der Waals surface area contributed by atoms with Crippen LogP contribution >= 0.6 is 0 Å². The molecule has 0 saturated carbocycles. The zero-order valence-corrected chi connectivity index (χ0v) is 16.6. The molecular weight excluding hydrogens is 386 g/mol. The summed E-state index contributed by atoms with van der Waals surface area (Å²) in [5, 5.41) is 21.7. The normalized spacial score (nSPS) is 21.3.